The number of amides is 2. The Morgan fingerprint density at radius 2 is 1.85 bits per heavy atom. The fourth-order valence-electron chi connectivity index (χ4n) is 1.79. The molecule has 138 valence electrons. The molecule has 0 aliphatic heterocycles. The van der Waals surface area contributed by atoms with Gasteiger partial charge in [0.15, 0.2) is 11.9 Å². The topological polar surface area (TPSA) is 97.6 Å². The molecule has 1 heterocycles. The van der Waals surface area contributed by atoms with Gasteiger partial charge < -0.3 is 19.8 Å². The lowest BCUT2D eigenvalue weighted by Crippen LogP contribution is -2.35. The molecule has 1 atom stereocenters. The molecule has 1 aromatic heterocycles. The molecule has 2 amide bonds. The van der Waals surface area contributed by atoms with Crippen molar-refractivity contribution in [1.29, 1.82) is 0 Å². The van der Waals surface area contributed by atoms with Crippen molar-refractivity contribution in [3.63, 3.8) is 0 Å². The Morgan fingerprint density at radius 1 is 1.15 bits per heavy atom. The standard InChI is InChI=1S/C16H13Cl3N2O5/c1-8(15(23)21-12-6-10(18)9(17)5-11(12)19)26-14(22)7-20-16(24)13-3-2-4-25-13/h2-6,8H,7H2,1H3,(H,20,24)(H,21,23)/t8-/m1/s1. The van der Waals surface area contributed by atoms with Crippen molar-refractivity contribution < 1.29 is 23.5 Å². The largest absolute Gasteiger partial charge is 0.459 e. The minimum Gasteiger partial charge on any atom is -0.459 e. The Hall–Kier alpha value is -2.22. The first-order valence-electron chi connectivity index (χ1n) is 7.24. The van der Waals surface area contributed by atoms with Crippen LogP contribution in [0.4, 0.5) is 5.69 Å². The molecule has 0 unspecified atom stereocenters. The van der Waals surface area contributed by atoms with Crippen LogP contribution in [0, 0.1) is 0 Å². The van der Waals surface area contributed by atoms with Crippen molar-refractivity contribution in [2.75, 3.05) is 11.9 Å². The average molecular weight is 420 g/mol. The number of halogens is 3. The molecule has 26 heavy (non-hydrogen) atoms. The Kier molecular flexibility index (Phi) is 6.90. The molecule has 2 rings (SSSR count). The van der Waals surface area contributed by atoms with Gasteiger partial charge in [-0.05, 0) is 31.2 Å². The van der Waals surface area contributed by atoms with E-state index >= 15 is 0 Å². The quantitative estimate of drug-likeness (QED) is 0.551. The molecule has 1 aromatic carbocycles. The summed E-state index contributed by atoms with van der Waals surface area (Å²) in [6.45, 7) is 0.942. The van der Waals surface area contributed by atoms with Gasteiger partial charge in [0.1, 0.15) is 6.54 Å². The molecule has 0 aliphatic carbocycles. The second-order valence-corrected chi connectivity index (χ2v) is 6.25. The average Bonchev–Trinajstić information content (AvgIpc) is 3.12. The molecule has 0 radical (unpaired) electrons. The van der Waals surface area contributed by atoms with E-state index in [1.807, 2.05) is 0 Å². The van der Waals surface area contributed by atoms with Crippen LogP contribution < -0.4 is 10.6 Å². The maximum atomic E-state index is 12.1. The zero-order valence-corrected chi connectivity index (χ0v) is 15.6. The molecule has 0 aliphatic rings. The van der Waals surface area contributed by atoms with Crippen LogP contribution in [0.1, 0.15) is 17.5 Å². The smallest absolute Gasteiger partial charge is 0.326 e. The van der Waals surface area contributed by atoms with Crippen LogP contribution in [-0.2, 0) is 14.3 Å². The summed E-state index contributed by atoms with van der Waals surface area (Å²) in [6.07, 6.45) is 0.196. The lowest BCUT2D eigenvalue weighted by molar-refractivity contribution is -0.152. The van der Waals surface area contributed by atoms with E-state index in [1.165, 1.54) is 37.5 Å². The maximum Gasteiger partial charge on any atom is 0.326 e. The number of anilines is 1. The molecule has 2 aromatic rings. The molecule has 0 fully saturated rings. The third-order valence-corrected chi connectivity index (χ3v) is 4.12. The number of ether oxygens (including phenoxy) is 1. The van der Waals surface area contributed by atoms with E-state index in [4.69, 9.17) is 44.0 Å². The lowest BCUT2D eigenvalue weighted by atomic mass is 10.3. The second kappa shape index (κ2) is 8.93. The highest BCUT2D eigenvalue weighted by molar-refractivity contribution is 6.44. The summed E-state index contributed by atoms with van der Waals surface area (Å²) in [6, 6.07) is 5.73. The van der Waals surface area contributed by atoms with Crippen LogP contribution in [0.5, 0.6) is 0 Å². The number of carbonyl (C=O) groups is 3. The number of rotatable bonds is 6. The van der Waals surface area contributed by atoms with Crippen molar-refractivity contribution in [1.82, 2.24) is 5.32 Å². The number of esters is 1. The third kappa shape index (κ3) is 5.39. The first-order chi connectivity index (χ1) is 12.3. The molecule has 0 spiro atoms. The third-order valence-electron chi connectivity index (χ3n) is 3.08. The van der Waals surface area contributed by atoms with Crippen LogP contribution in [0.3, 0.4) is 0 Å². The van der Waals surface area contributed by atoms with Gasteiger partial charge in [0.25, 0.3) is 11.8 Å². The van der Waals surface area contributed by atoms with Crippen molar-refractivity contribution in [3.8, 4) is 0 Å². The summed E-state index contributed by atoms with van der Waals surface area (Å²) in [5.41, 5.74) is 0.222. The highest BCUT2D eigenvalue weighted by Gasteiger charge is 2.20. The summed E-state index contributed by atoms with van der Waals surface area (Å²) >= 11 is 17.7. The van der Waals surface area contributed by atoms with Crippen LogP contribution in [0.25, 0.3) is 0 Å². The number of carbonyl (C=O) groups excluding carboxylic acids is 3. The summed E-state index contributed by atoms with van der Waals surface area (Å²) < 4.78 is 9.83. The van der Waals surface area contributed by atoms with Gasteiger partial charge >= 0.3 is 5.97 Å². The van der Waals surface area contributed by atoms with Crippen molar-refractivity contribution in [2.24, 2.45) is 0 Å². The monoisotopic (exact) mass is 418 g/mol. The van der Waals surface area contributed by atoms with E-state index in [-0.39, 0.29) is 26.5 Å². The lowest BCUT2D eigenvalue weighted by Gasteiger charge is -2.15. The Bertz CT molecular complexity index is 824. The molecular weight excluding hydrogens is 407 g/mol. The van der Waals surface area contributed by atoms with Crippen molar-refractivity contribution in [3.05, 3.63) is 51.4 Å². The van der Waals surface area contributed by atoms with Gasteiger partial charge in [-0.1, -0.05) is 34.8 Å². The Balaban J connectivity index is 1.85. The van der Waals surface area contributed by atoms with E-state index < -0.39 is 30.4 Å². The zero-order chi connectivity index (χ0) is 19.3. The molecule has 7 nitrogen and oxygen atoms in total. The van der Waals surface area contributed by atoms with Crippen LogP contribution >= 0.6 is 34.8 Å². The van der Waals surface area contributed by atoms with Gasteiger partial charge in [0, 0.05) is 0 Å². The van der Waals surface area contributed by atoms with E-state index in [9.17, 15) is 14.4 Å². The van der Waals surface area contributed by atoms with Crippen LogP contribution in [0.2, 0.25) is 15.1 Å². The van der Waals surface area contributed by atoms with E-state index in [1.54, 1.807) is 0 Å². The Morgan fingerprint density at radius 3 is 2.50 bits per heavy atom. The van der Waals surface area contributed by atoms with Gasteiger partial charge in [-0.3, -0.25) is 14.4 Å². The number of hydrogen-bond acceptors (Lipinski definition) is 5. The number of hydrogen-bond donors (Lipinski definition) is 2. The first-order valence-corrected chi connectivity index (χ1v) is 8.38. The fraction of sp³-hybridized carbons (Fsp3) is 0.188. The first kappa shape index (κ1) is 20.1. The summed E-state index contributed by atoms with van der Waals surface area (Å²) in [4.78, 5) is 35.5. The summed E-state index contributed by atoms with van der Waals surface area (Å²) in [5.74, 6) is -1.95. The molecule has 0 bridgehead atoms. The molecular formula is C16H13Cl3N2O5. The Labute approximate surface area is 163 Å². The van der Waals surface area contributed by atoms with E-state index in [2.05, 4.69) is 10.6 Å². The van der Waals surface area contributed by atoms with E-state index in [0.717, 1.165) is 0 Å². The fourth-order valence-corrected chi connectivity index (χ4v) is 2.39. The SMILES string of the molecule is C[C@@H](OC(=O)CNC(=O)c1ccco1)C(=O)Nc1cc(Cl)c(Cl)cc1Cl. The molecule has 10 heteroatoms. The zero-order valence-electron chi connectivity index (χ0n) is 13.3. The predicted molar refractivity (Wildman–Crippen MR) is 96.7 cm³/mol. The molecule has 0 saturated heterocycles. The maximum absolute atomic E-state index is 12.1. The molecule has 2 N–H and O–H groups in total. The second-order valence-electron chi connectivity index (χ2n) is 5.03. The van der Waals surface area contributed by atoms with Crippen molar-refractivity contribution >= 4 is 58.3 Å². The minimum atomic E-state index is -1.13. The summed E-state index contributed by atoms with van der Waals surface area (Å²) in [7, 11) is 0. The highest BCUT2D eigenvalue weighted by atomic mass is 35.5. The minimum absolute atomic E-state index is 0.0536. The molecule has 0 saturated carbocycles. The normalized spacial score (nSPS) is 11.5. The van der Waals surface area contributed by atoms with Gasteiger partial charge in [-0.25, -0.2) is 0 Å². The number of furan rings is 1. The van der Waals surface area contributed by atoms with Crippen molar-refractivity contribution in [2.45, 2.75) is 13.0 Å². The number of benzene rings is 1. The van der Waals surface area contributed by atoms with Gasteiger partial charge in [0.05, 0.1) is 27.0 Å². The van der Waals surface area contributed by atoms with Gasteiger partial charge in [0.2, 0.25) is 0 Å². The predicted octanol–water partition coefficient (Wildman–Crippen LogP) is 3.54. The number of nitrogens with one attached hydrogen (secondary N) is 2. The van der Waals surface area contributed by atoms with Crippen LogP contribution in [-0.4, -0.2) is 30.4 Å². The van der Waals surface area contributed by atoms with Crippen LogP contribution in [0.15, 0.2) is 34.9 Å². The van der Waals surface area contributed by atoms with E-state index in [0.29, 0.717) is 0 Å². The highest BCUT2D eigenvalue weighted by Crippen LogP contribution is 2.32. The summed E-state index contributed by atoms with van der Waals surface area (Å²) in [5, 5.41) is 5.41. The van der Waals surface area contributed by atoms with Gasteiger partial charge in [-0.15, -0.1) is 0 Å². The van der Waals surface area contributed by atoms with Gasteiger partial charge in [-0.2, -0.15) is 0 Å².